The van der Waals surface area contributed by atoms with Crippen molar-refractivity contribution in [1.82, 2.24) is 25.5 Å². The van der Waals surface area contributed by atoms with Gasteiger partial charge in [-0.25, -0.2) is 4.68 Å². The molecule has 0 aliphatic carbocycles. The van der Waals surface area contributed by atoms with Crippen LogP contribution >= 0.6 is 0 Å². The lowest BCUT2D eigenvalue weighted by atomic mass is 10.1. The lowest BCUT2D eigenvalue weighted by molar-refractivity contribution is 0.387. The second-order valence-electron chi connectivity index (χ2n) is 5.44. The van der Waals surface area contributed by atoms with Crippen LogP contribution in [0.2, 0.25) is 0 Å². The zero-order chi connectivity index (χ0) is 13.2. The van der Waals surface area contributed by atoms with Crippen LogP contribution in [0.4, 0.5) is 0 Å². The SMILES string of the molecule is Cc1cc(Cn2cc(CNC(C)(C)C)nn2)no1. The molecule has 0 fully saturated rings. The average molecular weight is 249 g/mol. The molecule has 18 heavy (non-hydrogen) atoms. The summed E-state index contributed by atoms with van der Waals surface area (Å²) < 4.78 is 6.77. The maximum absolute atomic E-state index is 5.01. The molecule has 0 spiro atoms. The third-order valence-electron chi connectivity index (χ3n) is 2.39. The van der Waals surface area contributed by atoms with Gasteiger partial charge in [0.1, 0.15) is 11.5 Å². The summed E-state index contributed by atoms with van der Waals surface area (Å²) in [6.07, 6.45) is 1.92. The van der Waals surface area contributed by atoms with E-state index in [1.807, 2.05) is 19.2 Å². The van der Waals surface area contributed by atoms with Gasteiger partial charge in [0.2, 0.25) is 0 Å². The Labute approximate surface area is 106 Å². The topological polar surface area (TPSA) is 68.8 Å². The Kier molecular flexibility index (Phi) is 3.47. The van der Waals surface area contributed by atoms with Gasteiger partial charge in [0.25, 0.3) is 0 Å². The van der Waals surface area contributed by atoms with Crippen molar-refractivity contribution in [3.05, 3.63) is 29.4 Å². The number of hydrogen-bond donors (Lipinski definition) is 1. The summed E-state index contributed by atoms with van der Waals surface area (Å²) in [5.41, 5.74) is 1.85. The van der Waals surface area contributed by atoms with Gasteiger partial charge in [0, 0.05) is 18.2 Å². The van der Waals surface area contributed by atoms with Crippen LogP contribution in [-0.4, -0.2) is 25.7 Å². The standard InChI is InChI=1S/C12H19N5O/c1-9-5-10(15-18-9)7-17-8-11(14-16-17)6-13-12(2,3)4/h5,8,13H,6-7H2,1-4H3. The molecule has 0 amide bonds. The molecule has 6 nitrogen and oxygen atoms in total. The molecular formula is C12H19N5O. The molecule has 2 aromatic heterocycles. The number of aromatic nitrogens is 4. The van der Waals surface area contributed by atoms with Crippen LogP contribution in [0, 0.1) is 6.92 Å². The molecule has 2 heterocycles. The summed E-state index contributed by atoms with van der Waals surface area (Å²) in [5.74, 6) is 0.805. The lowest BCUT2D eigenvalue weighted by Gasteiger charge is -2.19. The summed E-state index contributed by atoms with van der Waals surface area (Å²) in [6.45, 7) is 9.53. The molecule has 0 saturated heterocycles. The van der Waals surface area contributed by atoms with Crippen molar-refractivity contribution in [1.29, 1.82) is 0 Å². The molecule has 0 saturated carbocycles. The van der Waals surface area contributed by atoms with Gasteiger partial charge in [-0.2, -0.15) is 0 Å². The first kappa shape index (κ1) is 12.8. The maximum atomic E-state index is 5.01. The molecule has 0 atom stereocenters. The third kappa shape index (κ3) is 3.66. The maximum Gasteiger partial charge on any atom is 0.133 e. The Morgan fingerprint density at radius 3 is 2.72 bits per heavy atom. The van der Waals surface area contributed by atoms with Crippen LogP contribution in [0.15, 0.2) is 16.8 Å². The van der Waals surface area contributed by atoms with E-state index in [0.717, 1.165) is 17.1 Å². The van der Waals surface area contributed by atoms with E-state index in [9.17, 15) is 0 Å². The monoisotopic (exact) mass is 249 g/mol. The summed E-state index contributed by atoms with van der Waals surface area (Å²) in [6, 6.07) is 1.90. The highest BCUT2D eigenvalue weighted by atomic mass is 16.5. The van der Waals surface area contributed by atoms with E-state index in [1.165, 1.54) is 0 Å². The fraction of sp³-hybridized carbons (Fsp3) is 0.583. The van der Waals surface area contributed by atoms with E-state index in [0.29, 0.717) is 13.1 Å². The number of aryl methyl sites for hydroxylation is 1. The molecular weight excluding hydrogens is 230 g/mol. The molecule has 2 rings (SSSR count). The van der Waals surface area contributed by atoms with Crippen LogP contribution in [0.3, 0.4) is 0 Å². The summed E-state index contributed by atoms with van der Waals surface area (Å²) >= 11 is 0. The van der Waals surface area contributed by atoms with Gasteiger partial charge in [0.15, 0.2) is 0 Å². The highest BCUT2D eigenvalue weighted by molar-refractivity contribution is 5.04. The Morgan fingerprint density at radius 2 is 2.11 bits per heavy atom. The zero-order valence-corrected chi connectivity index (χ0v) is 11.3. The number of nitrogens with one attached hydrogen (secondary N) is 1. The van der Waals surface area contributed by atoms with E-state index in [1.54, 1.807) is 4.68 Å². The largest absolute Gasteiger partial charge is 0.361 e. The Hall–Kier alpha value is -1.69. The van der Waals surface area contributed by atoms with Gasteiger partial charge >= 0.3 is 0 Å². The Balaban J connectivity index is 1.94. The van der Waals surface area contributed by atoms with Crippen molar-refractivity contribution in [2.45, 2.75) is 46.3 Å². The predicted molar refractivity (Wildman–Crippen MR) is 67.0 cm³/mol. The van der Waals surface area contributed by atoms with Gasteiger partial charge in [0.05, 0.1) is 18.4 Å². The molecule has 0 aliphatic heterocycles. The lowest BCUT2D eigenvalue weighted by Crippen LogP contribution is -2.35. The molecule has 0 radical (unpaired) electrons. The van der Waals surface area contributed by atoms with Gasteiger partial charge in [-0.3, -0.25) is 0 Å². The first-order valence-electron chi connectivity index (χ1n) is 5.99. The minimum Gasteiger partial charge on any atom is -0.361 e. The van der Waals surface area contributed by atoms with E-state index in [-0.39, 0.29) is 5.54 Å². The highest BCUT2D eigenvalue weighted by Gasteiger charge is 2.10. The van der Waals surface area contributed by atoms with Gasteiger partial charge in [-0.15, -0.1) is 5.10 Å². The van der Waals surface area contributed by atoms with Gasteiger partial charge in [-0.05, 0) is 27.7 Å². The average Bonchev–Trinajstić information content (AvgIpc) is 2.85. The summed E-state index contributed by atoms with van der Waals surface area (Å²) in [7, 11) is 0. The minimum atomic E-state index is 0.0764. The van der Waals surface area contributed by atoms with Gasteiger partial charge < -0.3 is 9.84 Å². The molecule has 0 aromatic carbocycles. The zero-order valence-electron chi connectivity index (χ0n) is 11.3. The smallest absolute Gasteiger partial charge is 0.133 e. The second kappa shape index (κ2) is 4.89. The van der Waals surface area contributed by atoms with E-state index >= 15 is 0 Å². The van der Waals surface area contributed by atoms with Crippen LogP contribution in [0.1, 0.15) is 37.9 Å². The normalized spacial score (nSPS) is 12.0. The van der Waals surface area contributed by atoms with Crippen molar-refractivity contribution in [2.75, 3.05) is 0 Å². The van der Waals surface area contributed by atoms with Crippen molar-refractivity contribution in [3.63, 3.8) is 0 Å². The number of hydrogen-bond acceptors (Lipinski definition) is 5. The van der Waals surface area contributed by atoms with Crippen LogP contribution in [0.25, 0.3) is 0 Å². The van der Waals surface area contributed by atoms with Crippen LogP contribution in [0.5, 0.6) is 0 Å². The van der Waals surface area contributed by atoms with Crippen molar-refractivity contribution < 1.29 is 4.52 Å². The molecule has 1 N–H and O–H groups in total. The molecule has 0 aliphatic rings. The first-order chi connectivity index (χ1) is 8.42. The molecule has 6 heteroatoms. The molecule has 0 bridgehead atoms. The minimum absolute atomic E-state index is 0.0764. The predicted octanol–water partition coefficient (Wildman–Crippen LogP) is 1.51. The molecule has 0 unspecified atom stereocenters. The Morgan fingerprint density at radius 1 is 1.33 bits per heavy atom. The first-order valence-corrected chi connectivity index (χ1v) is 5.99. The molecule has 98 valence electrons. The van der Waals surface area contributed by atoms with Crippen molar-refractivity contribution >= 4 is 0 Å². The fourth-order valence-corrected chi connectivity index (χ4v) is 1.51. The highest BCUT2D eigenvalue weighted by Crippen LogP contribution is 2.05. The van der Waals surface area contributed by atoms with E-state index in [2.05, 4.69) is 41.6 Å². The van der Waals surface area contributed by atoms with Crippen molar-refractivity contribution in [2.24, 2.45) is 0 Å². The second-order valence-corrected chi connectivity index (χ2v) is 5.44. The Bertz CT molecular complexity index is 509. The van der Waals surface area contributed by atoms with Crippen molar-refractivity contribution in [3.8, 4) is 0 Å². The fourth-order valence-electron chi connectivity index (χ4n) is 1.51. The van der Waals surface area contributed by atoms with E-state index in [4.69, 9.17) is 4.52 Å². The van der Waals surface area contributed by atoms with E-state index < -0.39 is 0 Å². The quantitative estimate of drug-likeness (QED) is 0.889. The third-order valence-corrected chi connectivity index (χ3v) is 2.39. The van der Waals surface area contributed by atoms with Gasteiger partial charge in [-0.1, -0.05) is 10.4 Å². The molecule has 2 aromatic rings. The van der Waals surface area contributed by atoms with Crippen LogP contribution < -0.4 is 5.32 Å². The summed E-state index contributed by atoms with van der Waals surface area (Å²) in [5, 5.41) is 15.5. The number of rotatable bonds is 4. The number of nitrogens with zero attached hydrogens (tertiary/aromatic N) is 4. The van der Waals surface area contributed by atoms with Crippen LogP contribution in [-0.2, 0) is 13.1 Å². The summed E-state index contributed by atoms with van der Waals surface area (Å²) in [4.78, 5) is 0.